The lowest BCUT2D eigenvalue weighted by atomic mass is 10.1. The molecule has 0 fully saturated rings. The number of esters is 2. The topological polar surface area (TPSA) is 134 Å². The van der Waals surface area contributed by atoms with Crippen LogP contribution in [-0.4, -0.2) is 49.3 Å². The molecule has 3 N–H and O–H groups in total. The van der Waals surface area contributed by atoms with Gasteiger partial charge in [0.2, 0.25) is 0 Å². The molecule has 59 heavy (non-hydrogen) atoms. The van der Waals surface area contributed by atoms with Gasteiger partial charge in [-0.25, -0.2) is 4.57 Å². The zero-order chi connectivity index (χ0) is 43.2. The highest BCUT2D eigenvalue weighted by Crippen LogP contribution is 2.43. The van der Waals surface area contributed by atoms with E-state index in [9.17, 15) is 19.0 Å². The molecule has 0 radical (unpaired) electrons. The van der Waals surface area contributed by atoms with Crippen molar-refractivity contribution in [3.8, 4) is 0 Å². The molecule has 0 saturated heterocycles. The first-order valence-corrected chi connectivity index (χ1v) is 25.3. The predicted octanol–water partition coefficient (Wildman–Crippen LogP) is 14.1. The molecule has 0 aliphatic rings. The Bertz CT molecular complexity index is 1150. The summed E-state index contributed by atoms with van der Waals surface area (Å²) in [5.41, 5.74) is 5.35. The highest BCUT2D eigenvalue weighted by molar-refractivity contribution is 7.47. The Hall–Kier alpha value is -2.29. The Kier molecular flexibility index (Phi) is 43.5. The van der Waals surface area contributed by atoms with Gasteiger partial charge in [-0.15, -0.1) is 0 Å². The Balaban J connectivity index is 4.17. The Morgan fingerprint density at radius 2 is 0.881 bits per heavy atom. The third-order valence-corrected chi connectivity index (χ3v) is 10.9. The number of ether oxygens (including phenoxy) is 2. The van der Waals surface area contributed by atoms with Crippen LogP contribution in [0.2, 0.25) is 0 Å². The van der Waals surface area contributed by atoms with E-state index < -0.39 is 32.5 Å². The number of carbonyl (C=O) groups is 2. The maximum Gasteiger partial charge on any atom is 0.472 e. The molecule has 9 nitrogen and oxygen atoms in total. The van der Waals surface area contributed by atoms with Gasteiger partial charge in [-0.3, -0.25) is 18.6 Å². The molecular weight excluding hydrogens is 762 g/mol. The van der Waals surface area contributed by atoms with E-state index in [4.69, 9.17) is 24.3 Å². The van der Waals surface area contributed by atoms with Crippen LogP contribution < -0.4 is 5.73 Å². The fourth-order valence-electron chi connectivity index (χ4n) is 6.32. The Labute approximate surface area is 361 Å². The lowest BCUT2D eigenvalue weighted by molar-refractivity contribution is -0.161. The van der Waals surface area contributed by atoms with E-state index >= 15 is 0 Å². The molecule has 0 saturated carbocycles. The minimum absolute atomic E-state index is 0.0455. The number of hydrogen-bond donors (Lipinski definition) is 2. The summed E-state index contributed by atoms with van der Waals surface area (Å²) >= 11 is 0. The third-order valence-electron chi connectivity index (χ3n) is 9.88. The van der Waals surface area contributed by atoms with Crippen LogP contribution in [0, 0.1) is 0 Å². The van der Waals surface area contributed by atoms with E-state index in [0.29, 0.717) is 6.42 Å². The molecule has 0 spiro atoms. The van der Waals surface area contributed by atoms with Crippen LogP contribution in [0.5, 0.6) is 0 Å². The molecule has 0 amide bonds. The summed E-state index contributed by atoms with van der Waals surface area (Å²) in [7, 11) is -4.39. The van der Waals surface area contributed by atoms with E-state index in [0.717, 1.165) is 57.8 Å². The molecular formula is C49H88NO8P. The molecule has 0 aromatic rings. The lowest BCUT2D eigenvalue weighted by Crippen LogP contribution is -2.29. The molecule has 0 aliphatic heterocycles. The number of allylic oxidation sites excluding steroid dienone is 10. The largest absolute Gasteiger partial charge is 0.472 e. The second kappa shape index (κ2) is 45.2. The van der Waals surface area contributed by atoms with Gasteiger partial charge in [0.05, 0.1) is 13.2 Å². The van der Waals surface area contributed by atoms with Crippen molar-refractivity contribution in [2.75, 3.05) is 26.4 Å². The van der Waals surface area contributed by atoms with Crippen LogP contribution in [-0.2, 0) is 32.7 Å². The summed E-state index contributed by atoms with van der Waals surface area (Å²) in [4.78, 5) is 35.0. The van der Waals surface area contributed by atoms with Crippen LogP contribution >= 0.6 is 7.82 Å². The monoisotopic (exact) mass is 850 g/mol. The van der Waals surface area contributed by atoms with Crippen LogP contribution in [0.1, 0.15) is 206 Å². The second-order valence-electron chi connectivity index (χ2n) is 15.6. The molecule has 2 atom stereocenters. The van der Waals surface area contributed by atoms with Gasteiger partial charge in [0.25, 0.3) is 0 Å². The van der Waals surface area contributed by atoms with Gasteiger partial charge in [-0.2, -0.15) is 0 Å². The second-order valence-corrected chi connectivity index (χ2v) is 17.1. The summed E-state index contributed by atoms with van der Waals surface area (Å²) in [6.45, 7) is 3.67. The number of phosphoric ester groups is 1. The fourth-order valence-corrected chi connectivity index (χ4v) is 7.08. The normalized spacial score (nSPS) is 13.8. The summed E-state index contributed by atoms with van der Waals surface area (Å²) in [6.07, 6.45) is 53.9. The zero-order valence-corrected chi connectivity index (χ0v) is 38.6. The quantitative estimate of drug-likeness (QED) is 0.0266. The maximum absolute atomic E-state index is 12.6. The molecule has 1 unspecified atom stereocenters. The van der Waals surface area contributed by atoms with Gasteiger partial charge in [0.1, 0.15) is 6.61 Å². The number of hydrogen-bond acceptors (Lipinski definition) is 8. The van der Waals surface area contributed by atoms with Crippen molar-refractivity contribution in [2.45, 2.75) is 213 Å². The maximum atomic E-state index is 12.6. The average molecular weight is 850 g/mol. The number of nitrogens with two attached hydrogens (primary N) is 1. The van der Waals surface area contributed by atoms with Crippen molar-refractivity contribution in [1.82, 2.24) is 0 Å². The van der Waals surface area contributed by atoms with Crippen molar-refractivity contribution < 1.29 is 37.6 Å². The summed E-state index contributed by atoms with van der Waals surface area (Å²) in [5, 5.41) is 0. The third kappa shape index (κ3) is 45.1. The van der Waals surface area contributed by atoms with Crippen molar-refractivity contribution in [1.29, 1.82) is 0 Å². The highest BCUT2D eigenvalue weighted by atomic mass is 31.2. The predicted molar refractivity (Wildman–Crippen MR) is 247 cm³/mol. The van der Waals surface area contributed by atoms with Crippen molar-refractivity contribution >= 4 is 19.8 Å². The zero-order valence-electron chi connectivity index (χ0n) is 37.7. The van der Waals surface area contributed by atoms with Crippen molar-refractivity contribution in [3.63, 3.8) is 0 Å². The minimum Gasteiger partial charge on any atom is -0.462 e. The number of phosphoric acid groups is 1. The summed E-state index contributed by atoms with van der Waals surface area (Å²) < 4.78 is 32.8. The van der Waals surface area contributed by atoms with Gasteiger partial charge in [0, 0.05) is 19.4 Å². The van der Waals surface area contributed by atoms with Crippen LogP contribution in [0.25, 0.3) is 0 Å². The first-order chi connectivity index (χ1) is 28.8. The van der Waals surface area contributed by atoms with Crippen molar-refractivity contribution in [3.05, 3.63) is 60.8 Å². The molecule has 0 aliphatic carbocycles. The van der Waals surface area contributed by atoms with Gasteiger partial charge in [0.15, 0.2) is 6.10 Å². The molecule has 0 bridgehead atoms. The van der Waals surface area contributed by atoms with Gasteiger partial charge in [-0.05, 0) is 83.5 Å². The smallest absolute Gasteiger partial charge is 0.462 e. The van der Waals surface area contributed by atoms with Crippen LogP contribution in [0.4, 0.5) is 0 Å². The first kappa shape index (κ1) is 56.7. The summed E-state index contributed by atoms with van der Waals surface area (Å²) in [5.74, 6) is -0.867. The molecule has 10 heteroatoms. The number of unbranched alkanes of at least 4 members (excludes halogenated alkanes) is 21. The molecule has 342 valence electrons. The van der Waals surface area contributed by atoms with Gasteiger partial charge in [-0.1, -0.05) is 171 Å². The molecule has 0 aromatic heterocycles. The van der Waals surface area contributed by atoms with Crippen LogP contribution in [0.3, 0.4) is 0 Å². The van der Waals surface area contributed by atoms with Gasteiger partial charge >= 0.3 is 19.8 Å². The fraction of sp³-hybridized carbons (Fsp3) is 0.755. The number of rotatable bonds is 44. The summed E-state index contributed by atoms with van der Waals surface area (Å²) in [6, 6.07) is 0. The molecule has 0 aromatic carbocycles. The average Bonchev–Trinajstić information content (AvgIpc) is 3.22. The van der Waals surface area contributed by atoms with E-state index in [1.807, 2.05) is 0 Å². The molecule has 0 rings (SSSR count). The lowest BCUT2D eigenvalue weighted by Gasteiger charge is -2.19. The minimum atomic E-state index is -4.39. The Morgan fingerprint density at radius 3 is 1.37 bits per heavy atom. The van der Waals surface area contributed by atoms with E-state index in [1.165, 1.54) is 116 Å². The van der Waals surface area contributed by atoms with E-state index in [1.54, 1.807) is 0 Å². The van der Waals surface area contributed by atoms with Crippen LogP contribution in [0.15, 0.2) is 60.8 Å². The van der Waals surface area contributed by atoms with E-state index in [-0.39, 0.29) is 32.6 Å². The first-order valence-electron chi connectivity index (χ1n) is 23.8. The molecule has 0 heterocycles. The number of carbonyl (C=O) groups excluding carboxylic acids is 2. The van der Waals surface area contributed by atoms with E-state index in [2.05, 4.69) is 74.6 Å². The van der Waals surface area contributed by atoms with Crippen molar-refractivity contribution in [2.24, 2.45) is 5.73 Å². The SMILES string of the molecule is CCCCC/C=C/C/C=C/C/C=C/C/C=C/CCCCCC(=O)O[C@H](COC(=O)CCCCCCCCCCC/C=C/CCCCCCCC)COP(=O)(O)OCCN. The van der Waals surface area contributed by atoms with Gasteiger partial charge < -0.3 is 20.1 Å². The standard InChI is InChI=1S/C49H88NO8P/c1-3-5-7-9-11-13-15-17-19-21-23-25-27-29-31-33-35-37-39-41-48(51)55-45-47(46-57-59(53,54)56-44-43-50)58-49(52)42-40-38-36-34-32-30-28-26-24-22-20-18-16-14-12-10-8-6-4-2/h12,14,17-20,24,26,30,32,47H,3-11,13,15-16,21-23,25,27-29,31,33-46,50H2,1-2H3,(H,53,54)/b14-12+,19-17+,20-18+,26-24+,32-30+/t47-/m1/s1. The highest BCUT2D eigenvalue weighted by Gasteiger charge is 2.26. The Morgan fingerprint density at radius 1 is 0.508 bits per heavy atom.